The zero-order valence-electron chi connectivity index (χ0n) is 11.1. The van der Waals surface area contributed by atoms with E-state index in [0.29, 0.717) is 11.3 Å². The molecule has 0 bridgehead atoms. The first-order valence-electron chi connectivity index (χ1n) is 5.91. The summed E-state index contributed by atoms with van der Waals surface area (Å²) in [6.45, 7) is -0.367. The monoisotopic (exact) mass is 285 g/mol. The molecule has 8 heteroatoms. The first-order chi connectivity index (χ1) is 10.0. The zero-order valence-corrected chi connectivity index (χ0v) is 11.1. The molecule has 0 aliphatic carbocycles. The number of carboxylic acids is 1. The fourth-order valence-corrected chi connectivity index (χ4v) is 1.69. The Kier molecular flexibility index (Phi) is 3.95. The van der Waals surface area contributed by atoms with Gasteiger partial charge in [-0.15, -0.1) is 5.10 Å². The van der Waals surface area contributed by atoms with Gasteiger partial charge in [-0.1, -0.05) is 11.3 Å². The van der Waals surface area contributed by atoms with Crippen molar-refractivity contribution in [3.05, 3.63) is 41.7 Å². The van der Waals surface area contributed by atoms with Crippen LogP contribution in [0.25, 0.3) is 0 Å². The number of aromatic nitrogens is 3. The Hall–Kier alpha value is -3.21. The highest BCUT2D eigenvalue weighted by molar-refractivity contribution is 6.04. The standard InChI is InChI=1S/C13H11N5O3/c1-17(10-4-2-3-9(5-10)6-14)13(21)11-7-18(16-15-11)8-12(19)20/h2-5,7H,8H2,1H3,(H,19,20). The molecule has 0 radical (unpaired) electrons. The molecule has 0 aliphatic heterocycles. The first-order valence-corrected chi connectivity index (χ1v) is 5.91. The molecular weight excluding hydrogens is 274 g/mol. The van der Waals surface area contributed by atoms with E-state index < -0.39 is 11.9 Å². The van der Waals surface area contributed by atoms with Gasteiger partial charge in [-0.3, -0.25) is 9.59 Å². The summed E-state index contributed by atoms with van der Waals surface area (Å²) in [5.74, 6) is -1.52. The average molecular weight is 285 g/mol. The van der Waals surface area contributed by atoms with Crippen LogP contribution in [0.3, 0.4) is 0 Å². The molecule has 0 saturated heterocycles. The molecule has 1 heterocycles. The molecule has 0 saturated carbocycles. The van der Waals surface area contributed by atoms with Crippen LogP contribution in [-0.2, 0) is 11.3 Å². The highest BCUT2D eigenvalue weighted by Gasteiger charge is 2.18. The topological polar surface area (TPSA) is 112 Å². The normalized spacial score (nSPS) is 9.90. The van der Waals surface area contributed by atoms with Crippen molar-refractivity contribution in [2.45, 2.75) is 6.54 Å². The van der Waals surface area contributed by atoms with Crippen molar-refractivity contribution in [1.29, 1.82) is 5.26 Å². The van der Waals surface area contributed by atoms with Crippen LogP contribution in [0, 0.1) is 11.3 Å². The molecule has 0 atom stereocenters. The smallest absolute Gasteiger partial charge is 0.325 e. The molecule has 8 nitrogen and oxygen atoms in total. The summed E-state index contributed by atoms with van der Waals surface area (Å²) in [7, 11) is 1.54. The van der Waals surface area contributed by atoms with Crippen molar-refractivity contribution in [2.75, 3.05) is 11.9 Å². The van der Waals surface area contributed by atoms with Gasteiger partial charge in [-0.2, -0.15) is 5.26 Å². The Morgan fingerprint density at radius 3 is 2.90 bits per heavy atom. The second-order valence-electron chi connectivity index (χ2n) is 4.22. The van der Waals surface area contributed by atoms with E-state index in [9.17, 15) is 9.59 Å². The minimum absolute atomic E-state index is 0.0288. The van der Waals surface area contributed by atoms with E-state index in [1.807, 2.05) is 6.07 Å². The molecule has 106 valence electrons. The highest BCUT2D eigenvalue weighted by Crippen LogP contribution is 2.16. The molecular formula is C13H11N5O3. The molecule has 0 unspecified atom stereocenters. The Morgan fingerprint density at radius 2 is 2.24 bits per heavy atom. The number of aliphatic carboxylic acids is 1. The van der Waals surface area contributed by atoms with Crippen molar-refractivity contribution in [3.8, 4) is 6.07 Å². The van der Waals surface area contributed by atoms with E-state index in [2.05, 4.69) is 10.3 Å². The van der Waals surface area contributed by atoms with Crippen molar-refractivity contribution in [1.82, 2.24) is 15.0 Å². The summed E-state index contributed by atoms with van der Waals surface area (Å²) in [5.41, 5.74) is 0.995. The zero-order chi connectivity index (χ0) is 15.4. The summed E-state index contributed by atoms with van der Waals surface area (Å²) in [5, 5.41) is 24.7. The third-order valence-electron chi connectivity index (χ3n) is 2.72. The number of carboxylic acid groups (broad SMARTS) is 1. The lowest BCUT2D eigenvalue weighted by molar-refractivity contribution is -0.137. The molecule has 21 heavy (non-hydrogen) atoms. The quantitative estimate of drug-likeness (QED) is 0.875. The number of amides is 1. The number of anilines is 1. The predicted octanol–water partition coefficient (Wildman–Crippen LogP) is 0.511. The van der Waals surface area contributed by atoms with Crippen LogP contribution < -0.4 is 4.90 Å². The SMILES string of the molecule is CN(C(=O)c1cn(CC(=O)O)nn1)c1cccc(C#N)c1. The van der Waals surface area contributed by atoms with Gasteiger partial charge in [0.05, 0.1) is 17.8 Å². The van der Waals surface area contributed by atoms with Crippen LogP contribution in [0.4, 0.5) is 5.69 Å². The lowest BCUT2D eigenvalue weighted by Crippen LogP contribution is -2.26. The van der Waals surface area contributed by atoms with Crippen LogP contribution >= 0.6 is 0 Å². The number of nitriles is 1. The molecule has 1 amide bonds. The van der Waals surface area contributed by atoms with Gasteiger partial charge in [-0.05, 0) is 18.2 Å². The summed E-state index contributed by atoms with van der Waals surface area (Å²) in [6, 6.07) is 8.54. The molecule has 0 aliphatic rings. The molecule has 0 spiro atoms. The number of carbonyl (C=O) groups excluding carboxylic acids is 1. The third-order valence-corrected chi connectivity index (χ3v) is 2.72. The molecule has 1 N–H and O–H groups in total. The Balaban J connectivity index is 2.20. The predicted molar refractivity (Wildman–Crippen MR) is 71.5 cm³/mol. The van der Waals surface area contributed by atoms with Gasteiger partial charge in [0, 0.05) is 12.7 Å². The summed E-state index contributed by atoms with van der Waals surface area (Å²) in [6.07, 6.45) is 1.26. The van der Waals surface area contributed by atoms with Crippen molar-refractivity contribution < 1.29 is 14.7 Å². The summed E-state index contributed by atoms with van der Waals surface area (Å²) < 4.78 is 1.06. The van der Waals surface area contributed by atoms with Gasteiger partial charge < -0.3 is 10.0 Å². The molecule has 1 aromatic carbocycles. The van der Waals surface area contributed by atoms with Crippen LogP contribution in [0.1, 0.15) is 16.1 Å². The van der Waals surface area contributed by atoms with Gasteiger partial charge in [0.1, 0.15) is 6.54 Å². The third kappa shape index (κ3) is 3.22. The molecule has 2 rings (SSSR count). The van der Waals surface area contributed by atoms with E-state index >= 15 is 0 Å². The maximum Gasteiger partial charge on any atom is 0.325 e. The molecule has 0 fully saturated rings. The molecule has 1 aromatic heterocycles. The van der Waals surface area contributed by atoms with Crippen LogP contribution in [0.5, 0.6) is 0 Å². The van der Waals surface area contributed by atoms with E-state index in [-0.39, 0.29) is 12.2 Å². The van der Waals surface area contributed by atoms with Gasteiger partial charge in [0.25, 0.3) is 5.91 Å². The van der Waals surface area contributed by atoms with Crippen LogP contribution in [-0.4, -0.2) is 39.0 Å². The van der Waals surface area contributed by atoms with E-state index in [0.717, 1.165) is 4.68 Å². The fourth-order valence-electron chi connectivity index (χ4n) is 1.69. The number of rotatable bonds is 4. The lowest BCUT2D eigenvalue weighted by atomic mass is 10.2. The summed E-state index contributed by atoms with van der Waals surface area (Å²) >= 11 is 0. The van der Waals surface area contributed by atoms with E-state index in [4.69, 9.17) is 10.4 Å². The van der Waals surface area contributed by atoms with Crippen LogP contribution in [0.2, 0.25) is 0 Å². The Morgan fingerprint density at radius 1 is 1.48 bits per heavy atom. The number of benzene rings is 1. The Bertz CT molecular complexity index is 731. The number of carbonyl (C=O) groups is 2. The largest absolute Gasteiger partial charge is 0.480 e. The average Bonchev–Trinajstić information content (AvgIpc) is 2.93. The highest BCUT2D eigenvalue weighted by atomic mass is 16.4. The van der Waals surface area contributed by atoms with Crippen molar-refractivity contribution in [3.63, 3.8) is 0 Å². The number of nitrogens with zero attached hydrogens (tertiary/aromatic N) is 5. The maximum absolute atomic E-state index is 12.2. The maximum atomic E-state index is 12.2. The van der Waals surface area contributed by atoms with Gasteiger partial charge in [0.2, 0.25) is 0 Å². The van der Waals surface area contributed by atoms with Gasteiger partial charge >= 0.3 is 5.97 Å². The minimum atomic E-state index is -1.08. The van der Waals surface area contributed by atoms with Gasteiger partial charge in [-0.25, -0.2) is 4.68 Å². The second kappa shape index (κ2) is 5.83. The van der Waals surface area contributed by atoms with Crippen molar-refractivity contribution >= 4 is 17.6 Å². The molecule has 2 aromatic rings. The summed E-state index contributed by atoms with van der Waals surface area (Å²) in [4.78, 5) is 24.1. The fraction of sp³-hybridized carbons (Fsp3) is 0.154. The minimum Gasteiger partial charge on any atom is -0.480 e. The Labute approximate surface area is 119 Å². The first kappa shape index (κ1) is 14.2. The van der Waals surface area contributed by atoms with Crippen LogP contribution in [0.15, 0.2) is 30.5 Å². The van der Waals surface area contributed by atoms with Gasteiger partial charge in [0.15, 0.2) is 5.69 Å². The second-order valence-corrected chi connectivity index (χ2v) is 4.22. The number of hydrogen-bond donors (Lipinski definition) is 1. The van der Waals surface area contributed by atoms with E-state index in [1.54, 1.807) is 24.3 Å². The van der Waals surface area contributed by atoms with E-state index in [1.165, 1.54) is 18.1 Å². The number of hydrogen-bond acceptors (Lipinski definition) is 5. The lowest BCUT2D eigenvalue weighted by Gasteiger charge is -2.15. The van der Waals surface area contributed by atoms with Crippen molar-refractivity contribution in [2.24, 2.45) is 0 Å².